The molecule has 1 unspecified atom stereocenters. The Hall–Kier alpha value is -3.26. The maximum atomic E-state index is 13.0. The van der Waals surface area contributed by atoms with Crippen LogP contribution in [0.3, 0.4) is 0 Å². The largest absolute Gasteiger partial charge is 0.376 e. The first-order valence-corrected chi connectivity index (χ1v) is 10.6. The smallest absolute Gasteiger partial charge is 0.322 e. The van der Waals surface area contributed by atoms with E-state index in [-0.39, 0.29) is 18.1 Å². The van der Waals surface area contributed by atoms with E-state index in [2.05, 4.69) is 20.4 Å². The standard InChI is InChI=1S/C23H27N5O3/c1-16(2)21-26-22(31-27-21)18-7-9-19(10-8-18)25-23(29)28(15-20-6-4-12-30-20)14-17-5-3-11-24-13-17/h3,5,7-11,13,16,20H,4,6,12,14-15H2,1-2H3,(H,25,29). The highest BCUT2D eigenvalue weighted by atomic mass is 16.5. The average Bonchev–Trinajstić information content (AvgIpc) is 3.47. The zero-order chi connectivity index (χ0) is 21.6. The van der Waals surface area contributed by atoms with Gasteiger partial charge in [-0.3, -0.25) is 4.98 Å². The molecule has 1 atom stereocenters. The molecule has 8 nitrogen and oxygen atoms in total. The first-order valence-electron chi connectivity index (χ1n) is 10.6. The van der Waals surface area contributed by atoms with Gasteiger partial charge in [0.15, 0.2) is 5.82 Å². The van der Waals surface area contributed by atoms with Crippen molar-refractivity contribution < 1.29 is 14.1 Å². The third-order valence-electron chi connectivity index (χ3n) is 5.17. The number of urea groups is 1. The van der Waals surface area contributed by atoms with Crippen LogP contribution in [-0.2, 0) is 11.3 Å². The molecule has 0 radical (unpaired) electrons. The second-order valence-electron chi connectivity index (χ2n) is 8.00. The molecule has 2 amide bonds. The molecule has 1 aromatic carbocycles. The van der Waals surface area contributed by atoms with E-state index in [0.29, 0.717) is 30.5 Å². The topological polar surface area (TPSA) is 93.4 Å². The molecule has 1 aliphatic rings. The predicted molar refractivity (Wildman–Crippen MR) is 116 cm³/mol. The van der Waals surface area contributed by atoms with E-state index in [0.717, 1.165) is 30.6 Å². The van der Waals surface area contributed by atoms with Crippen LogP contribution in [0.1, 0.15) is 44.0 Å². The molecule has 2 aromatic heterocycles. The van der Waals surface area contributed by atoms with Gasteiger partial charge in [0.05, 0.1) is 6.10 Å². The Morgan fingerprint density at radius 2 is 2.10 bits per heavy atom. The minimum absolute atomic E-state index is 0.0671. The summed E-state index contributed by atoms with van der Waals surface area (Å²) in [6.07, 6.45) is 5.57. The Bertz CT molecular complexity index is 982. The molecule has 0 bridgehead atoms. The zero-order valence-corrected chi connectivity index (χ0v) is 17.8. The highest BCUT2D eigenvalue weighted by Gasteiger charge is 2.23. The molecule has 1 saturated heterocycles. The predicted octanol–water partition coefficient (Wildman–Crippen LogP) is 4.47. The molecule has 0 saturated carbocycles. The molecule has 3 aromatic rings. The third-order valence-corrected chi connectivity index (χ3v) is 5.17. The number of ether oxygens (including phenoxy) is 1. The van der Waals surface area contributed by atoms with Crippen LogP contribution in [-0.4, -0.2) is 45.3 Å². The summed E-state index contributed by atoms with van der Waals surface area (Å²) in [5.74, 6) is 1.34. The number of amides is 2. The summed E-state index contributed by atoms with van der Waals surface area (Å²) in [4.78, 5) is 23.4. The number of hydrogen-bond donors (Lipinski definition) is 1. The highest BCUT2D eigenvalue weighted by molar-refractivity contribution is 5.89. The van der Waals surface area contributed by atoms with Crippen molar-refractivity contribution in [3.8, 4) is 11.5 Å². The number of carbonyl (C=O) groups excluding carboxylic acids is 1. The van der Waals surface area contributed by atoms with Gasteiger partial charge in [0.2, 0.25) is 0 Å². The van der Waals surface area contributed by atoms with Gasteiger partial charge in [0.1, 0.15) is 0 Å². The second kappa shape index (κ2) is 9.70. The number of hydrogen-bond acceptors (Lipinski definition) is 6. The number of carbonyl (C=O) groups is 1. The fourth-order valence-corrected chi connectivity index (χ4v) is 3.45. The number of pyridine rings is 1. The summed E-state index contributed by atoms with van der Waals surface area (Å²) in [6, 6.07) is 11.1. The number of nitrogens with one attached hydrogen (secondary N) is 1. The van der Waals surface area contributed by atoms with Crippen LogP contribution >= 0.6 is 0 Å². The van der Waals surface area contributed by atoms with Crippen LogP contribution in [0.4, 0.5) is 10.5 Å². The molecule has 0 aliphatic carbocycles. The molecule has 0 spiro atoms. The van der Waals surface area contributed by atoms with Crippen molar-refractivity contribution in [3.05, 3.63) is 60.2 Å². The Morgan fingerprint density at radius 1 is 1.26 bits per heavy atom. The SMILES string of the molecule is CC(C)c1noc(-c2ccc(NC(=O)N(Cc3cccnc3)CC3CCCO3)cc2)n1. The van der Waals surface area contributed by atoms with E-state index >= 15 is 0 Å². The maximum absolute atomic E-state index is 13.0. The number of rotatable bonds is 7. The lowest BCUT2D eigenvalue weighted by atomic mass is 10.2. The van der Waals surface area contributed by atoms with Crippen molar-refractivity contribution in [1.82, 2.24) is 20.0 Å². The van der Waals surface area contributed by atoms with Gasteiger partial charge in [0, 0.05) is 49.3 Å². The Labute approximate surface area is 181 Å². The van der Waals surface area contributed by atoms with Crippen molar-refractivity contribution in [3.63, 3.8) is 0 Å². The third kappa shape index (κ3) is 5.46. The molecule has 31 heavy (non-hydrogen) atoms. The summed E-state index contributed by atoms with van der Waals surface area (Å²) in [5, 5.41) is 6.98. The minimum atomic E-state index is -0.174. The van der Waals surface area contributed by atoms with Gasteiger partial charge < -0.3 is 19.5 Å². The van der Waals surface area contributed by atoms with Crippen molar-refractivity contribution >= 4 is 11.7 Å². The highest BCUT2D eigenvalue weighted by Crippen LogP contribution is 2.22. The van der Waals surface area contributed by atoms with Crippen LogP contribution in [0.15, 0.2) is 53.3 Å². The lowest BCUT2D eigenvalue weighted by Crippen LogP contribution is -2.39. The van der Waals surface area contributed by atoms with Crippen molar-refractivity contribution in [2.24, 2.45) is 0 Å². The van der Waals surface area contributed by atoms with Gasteiger partial charge in [-0.25, -0.2) is 4.79 Å². The van der Waals surface area contributed by atoms with Gasteiger partial charge in [-0.15, -0.1) is 0 Å². The zero-order valence-electron chi connectivity index (χ0n) is 17.8. The molecule has 1 fully saturated rings. The van der Waals surface area contributed by atoms with Crippen LogP contribution < -0.4 is 5.32 Å². The van der Waals surface area contributed by atoms with E-state index in [1.807, 2.05) is 50.2 Å². The summed E-state index contributed by atoms with van der Waals surface area (Å²) >= 11 is 0. The summed E-state index contributed by atoms with van der Waals surface area (Å²) in [7, 11) is 0. The van der Waals surface area contributed by atoms with E-state index < -0.39 is 0 Å². The van der Waals surface area contributed by atoms with Crippen LogP contribution in [0.2, 0.25) is 0 Å². The fourth-order valence-electron chi connectivity index (χ4n) is 3.45. The molecular weight excluding hydrogens is 394 g/mol. The maximum Gasteiger partial charge on any atom is 0.322 e. The lowest BCUT2D eigenvalue weighted by Gasteiger charge is -2.25. The molecular formula is C23H27N5O3. The summed E-state index contributed by atoms with van der Waals surface area (Å²) in [6.45, 7) is 5.79. The van der Waals surface area contributed by atoms with E-state index in [9.17, 15) is 4.79 Å². The molecule has 162 valence electrons. The molecule has 1 N–H and O–H groups in total. The number of aromatic nitrogens is 3. The normalized spacial score (nSPS) is 15.9. The van der Waals surface area contributed by atoms with Crippen molar-refractivity contribution in [2.75, 3.05) is 18.5 Å². The molecule has 8 heteroatoms. The number of nitrogens with zero attached hydrogens (tertiary/aromatic N) is 4. The van der Waals surface area contributed by atoms with Crippen LogP contribution in [0.5, 0.6) is 0 Å². The Kier molecular flexibility index (Phi) is 6.57. The Balaban J connectivity index is 1.44. The van der Waals surface area contributed by atoms with Gasteiger partial charge in [-0.2, -0.15) is 4.98 Å². The number of anilines is 1. The summed E-state index contributed by atoms with van der Waals surface area (Å²) in [5.41, 5.74) is 2.48. The van der Waals surface area contributed by atoms with Gasteiger partial charge in [0.25, 0.3) is 5.89 Å². The first-order chi connectivity index (χ1) is 15.1. The summed E-state index contributed by atoms with van der Waals surface area (Å²) < 4.78 is 11.1. The average molecular weight is 422 g/mol. The van der Waals surface area contributed by atoms with Crippen LogP contribution in [0.25, 0.3) is 11.5 Å². The van der Waals surface area contributed by atoms with E-state index in [4.69, 9.17) is 9.26 Å². The van der Waals surface area contributed by atoms with Gasteiger partial charge in [-0.05, 0) is 48.7 Å². The van der Waals surface area contributed by atoms with E-state index in [1.165, 1.54) is 0 Å². The first kappa shape index (κ1) is 21.0. The monoisotopic (exact) mass is 421 g/mol. The molecule has 1 aliphatic heterocycles. The Morgan fingerprint density at radius 3 is 2.74 bits per heavy atom. The fraction of sp³-hybridized carbons (Fsp3) is 0.391. The molecule has 3 heterocycles. The lowest BCUT2D eigenvalue weighted by molar-refractivity contribution is 0.0819. The van der Waals surface area contributed by atoms with Crippen LogP contribution in [0, 0.1) is 0 Å². The quantitative estimate of drug-likeness (QED) is 0.605. The van der Waals surface area contributed by atoms with Gasteiger partial charge >= 0.3 is 6.03 Å². The van der Waals surface area contributed by atoms with Crippen molar-refractivity contribution in [2.45, 2.75) is 45.3 Å². The minimum Gasteiger partial charge on any atom is -0.376 e. The number of benzene rings is 1. The van der Waals surface area contributed by atoms with E-state index in [1.54, 1.807) is 17.3 Å². The molecule has 4 rings (SSSR count). The second-order valence-corrected chi connectivity index (χ2v) is 8.00. The van der Waals surface area contributed by atoms with Crippen molar-refractivity contribution in [1.29, 1.82) is 0 Å². The van der Waals surface area contributed by atoms with Gasteiger partial charge in [-0.1, -0.05) is 25.1 Å².